The molecule has 0 spiro atoms. The zero-order valence-corrected chi connectivity index (χ0v) is 28.7. The Labute approximate surface area is 268 Å². The highest BCUT2D eigenvalue weighted by molar-refractivity contribution is 6.74. The van der Waals surface area contributed by atoms with Gasteiger partial charge in [-0.25, -0.2) is 14.6 Å². The van der Waals surface area contributed by atoms with Crippen molar-refractivity contribution in [2.45, 2.75) is 70.8 Å². The number of nitrogens with zero attached hydrogens (tertiary/aromatic N) is 7. The molecule has 2 atom stereocenters. The molecule has 45 heavy (non-hydrogen) atoms. The minimum absolute atomic E-state index is 0.0395. The van der Waals surface area contributed by atoms with Crippen molar-refractivity contribution in [2.75, 3.05) is 50.0 Å². The number of anilines is 3. The van der Waals surface area contributed by atoms with Crippen molar-refractivity contribution in [2.24, 2.45) is 0 Å². The van der Waals surface area contributed by atoms with Crippen LogP contribution in [-0.2, 0) is 25.9 Å². The van der Waals surface area contributed by atoms with E-state index in [0.717, 1.165) is 47.6 Å². The van der Waals surface area contributed by atoms with Gasteiger partial charge in [-0.05, 0) is 55.9 Å². The number of fused-ring (bicyclic) bond motifs is 1. The van der Waals surface area contributed by atoms with Crippen LogP contribution in [0.4, 0.5) is 17.5 Å². The molecule has 237 valence electrons. The first-order valence-corrected chi connectivity index (χ1v) is 18.4. The Balaban J connectivity index is 1.46. The molecule has 4 heterocycles. The summed E-state index contributed by atoms with van der Waals surface area (Å²) in [5.41, 5.74) is 4.11. The largest absolute Gasteiger partial charge is 0.416 e. The number of aromatic nitrogens is 4. The van der Waals surface area contributed by atoms with Crippen molar-refractivity contribution in [3.8, 4) is 17.3 Å². The average molecular weight is 628 g/mol. The number of aryl methyl sites for hydroxylation is 1. The third-order valence-electron chi connectivity index (χ3n) is 9.30. The molecule has 3 aromatic rings. The molecule has 0 bridgehead atoms. The normalized spacial score (nSPS) is 20.5. The second-order valence-corrected chi connectivity index (χ2v) is 18.9. The fraction of sp³-hybridized carbons (Fsp3) is 0.531. The molecule has 1 aromatic carbocycles. The first kappa shape index (κ1) is 32.8. The molecule has 0 amide bonds. The third kappa shape index (κ3) is 6.99. The molecule has 1 fully saturated rings. The lowest BCUT2D eigenvalue weighted by Crippen LogP contribution is -2.46. The van der Waals surface area contributed by atoms with E-state index in [1.54, 1.807) is 6.20 Å². The Morgan fingerprint density at radius 3 is 2.78 bits per heavy atom. The van der Waals surface area contributed by atoms with Gasteiger partial charge in [0.15, 0.2) is 8.32 Å². The lowest BCUT2D eigenvalue weighted by Gasteiger charge is -2.39. The number of nitriles is 1. The molecule has 13 heteroatoms. The summed E-state index contributed by atoms with van der Waals surface area (Å²) < 4.78 is 14.6. The van der Waals surface area contributed by atoms with E-state index in [-0.39, 0.29) is 11.1 Å². The first-order valence-electron chi connectivity index (χ1n) is 15.5. The van der Waals surface area contributed by atoms with E-state index in [1.807, 2.05) is 34.6 Å². The smallest absolute Gasteiger partial charge is 0.329 e. The van der Waals surface area contributed by atoms with Gasteiger partial charge in [-0.2, -0.15) is 10.4 Å². The number of ether oxygens (including phenoxy) is 1. The van der Waals surface area contributed by atoms with E-state index in [0.29, 0.717) is 43.5 Å². The van der Waals surface area contributed by atoms with E-state index in [4.69, 9.17) is 14.1 Å². The zero-order chi connectivity index (χ0) is 32.6. The fourth-order valence-corrected chi connectivity index (χ4v) is 6.82. The van der Waals surface area contributed by atoms with Gasteiger partial charge in [0.1, 0.15) is 18.1 Å². The lowest BCUT2D eigenvalue weighted by atomic mass is 9.83. The SMILES string of the molecule is Cc1cc(Nc2nccc(-c3cc(C#N)c4c(c3)[C@@](C)(CO[Si](C)(C)C(C)(C)C)CN4[B]C=O)n2)n(C[C@H]2CN(C)CCO2)n1. The second-order valence-electron chi connectivity index (χ2n) is 14.1. The molecule has 1 radical (unpaired) electrons. The Hall–Kier alpha value is -3.57. The van der Waals surface area contributed by atoms with E-state index < -0.39 is 13.7 Å². The summed E-state index contributed by atoms with van der Waals surface area (Å²) in [5.74, 6) is 1.21. The maximum absolute atomic E-state index is 11.6. The number of hydrogen-bond acceptors (Lipinski definition) is 10. The van der Waals surface area contributed by atoms with Crippen molar-refractivity contribution in [1.82, 2.24) is 24.6 Å². The Bertz CT molecular complexity index is 1600. The lowest BCUT2D eigenvalue weighted by molar-refractivity contribution is -0.0287. The first-order chi connectivity index (χ1) is 21.2. The van der Waals surface area contributed by atoms with Crippen LogP contribution in [0.15, 0.2) is 30.5 Å². The molecule has 2 aromatic heterocycles. The van der Waals surface area contributed by atoms with E-state index in [2.05, 4.69) is 80.3 Å². The molecule has 1 N–H and O–H groups in total. The summed E-state index contributed by atoms with van der Waals surface area (Å²) in [4.78, 5) is 25.1. The number of morpholine rings is 1. The van der Waals surface area contributed by atoms with Crippen molar-refractivity contribution in [1.29, 1.82) is 5.26 Å². The minimum Gasteiger partial charge on any atom is -0.416 e. The van der Waals surface area contributed by atoms with Gasteiger partial charge in [-0.3, -0.25) is 0 Å². The van der Waals surface area contributed by atoms with Crippen LogP contribution >= 0.6 is 0 Å². The number of benzene rings is 1. The number of likely N-dealkylation sites (N-methyl/N-ethyl adjacent to an activating group) is 1. The van der Waals surface area contributed by atoms with Gasteiger partial charge in [-0.15, -0.1) is 0 Å². The van der Waals surface area contributed by atoms with E-state index in [9.17, 15) is 10.1 Å². The van der Waals surface area contributed by atoms with Crippen molar-refractivity contribution < 1.29 is 14.0 Å². The van der Waals surface area contributed by atoms with Gasteiger partial charge in [0.25, 0.3) is 0 Å². The molecule has 2 aliphatic rings. The number of hydrogen-bond donors (Lipinski definition) is 1. The quantitative estimate of drug-likeness (QED) is 0.254. The standard InChI is InChI=1S/C32H44BN8O3Si/c1-22-13-28(41(38-22)18-25-17-39(6)11-12-43-25)37-30-35-10-9-27(36-30)23-14-24(16-34)29-26(15-23)32(5,19-40(29)33-21-42)20-44-45(7,8)31(2,3)4/h9-10,13-15,21,25H,11-12,17-20H2,1-8H3,(H,35,36,37)/t25-,32-/m1/s1. The van der Waals surface area contributed by atoms with Crippen LogP contribution in [0.2, 0.25) is 18.1 Å². The fourth-order valence-electron chi connectivity index (χ4n) is 5.71. The summed E-state index contributed by atoms with van der Waals surface area (Å²) in [5, 5.41) is 18.3. The van der Waals surface area contributed by atoms with Crippen LogP contribution in [0.5, 0.6) is 0 Å². The summed E-state index contributed by atoms with van der Waals surface area (Å²) in [6.45, 7) is 19.3. The maximum atomic E-state index is 11.6. The third-order valence-corrected chi connectivity index (χ3v) is 13.8. The van der Waals surface area contributed by atoms with Crippen molar-refractivity contribution >= 4 is 39.4 Å². The predicted octanol–water partition coefficient (Wildman–Crippen LogP) is 4.50. The van der Waals surface area contributed by atoms with Gasteiger partial charge in [-0.1, -0.05) is 27.7 Å². The van der Waals surface area contributed by atoms with Crippen LogP contribution in [0.25, 0.3) is 11.3 Å². The maximum Gasteiger partial charge on any atom is 0.329 e. The highest BCUT2D eigenvalue weighted by atomic mass is 28.4. The van der Waals surface area contributed by atoms with Crippen LogP contribution < -0.4 is 10.1 Å². The Morgan fingerprint density at radius 1 is 1.31 bits per heavy atom. The minimum atomic E-state index is -2.06. The van der Waals surface area contributed by atoms with Gasteiger partial charge >= 0.3 is 7.41 Å². The average Bonchev–Trinajstić information content (AvgIpc) is 3.46. The molecule has 2 aliphatic heterocycles. The molecular formula is C32H44BN8O3Si. The van der Waals surface area contributed by atoms with Crippen molar-refractivity contribution in [3.63, 3.8) is 0 Å². The monoisotopic (exact) mass is 627 g/mol. The molecular weight excluding hydrogens is 583 g/mol. The molecule has 0 aliphatic carbocycles. The highest BCUT2D eigenvalue weighted by Crippen LogP contribution is 2.46. The van der Waals surface area contributed by atoms with Crippen LogP contribution in [0.3, 0.4) is 0 Å². The summed E-state index contributed by atoms with van der Waals surface area (Å²) >= 11 is 0. The number of nitrogens with one attached hydrogen (secondary N) is 1. The van der Waals surface area contributed by atoms with Gasteiger partial charge < -0.3 is 29.0 Å². The molecule has 1 saturated heterocycles. The number of carbonyl (C=O) groups excluding carboxylic acids is 1. The van der Waals surface area contributed by atoms with E-state index >= 15 is 0 Å². The molecule has 0 unspecified atom stereocenters. The zero-order valence-electron chi connectivity index (χ0n) is 27.7. The van der Waals surface area contributed by atoms with Crippen LogP contribution in [0, 0.1) is 18.3 Å². The topological polar surface area (TPSA) is 121 Å². The number of rotatable bonds is 10. The Kier molecular flexibility index (Phi) is 9.24. The van der Waals surface area contributed by atoms with Gasteiger partial charge in [0.05, 0.1) is 36.2 Å². The summed E-state index contributed by atoms with van der Waals surface area (Å²) in [7, 11) is 1.55. The second kappa shape index (κ2) is 12.7. The van der Waals surface area contributed by atoms with Gasteiger partial charge in [0.2, 0.25) is 5.95 Å². The predicted molar refractivity (Wildman–Crippen MR) is 180 cm³/mol. The highest BCUT2D eigenvalue weighted by Gasteiger charge is 2.44. The van der Waals surface area contributed by atoms with E-state index in [1.165, 1.54) is 7.41 Å². The molecule has 11 nitrogen and oxygen atoms in total. The Morgan fingerprint density at radius 2 is 2.09 bits per heavy atom. The van der Waals surface area contributed by atoms with Gasteiger partial charge in [0, 0.05) is 55.2 Å². The van der Waals surface area contributed by atoms with Crippen LogP contribution in [-0.4, -0.2) is 92.6 Å². The summed E-state index contributed by atoms with van der Waals surface area (Å²) in [6, 6.07) is 10.1. The number of carbonyl (C=O) groups is 1. The molecule has 0 saturated carbocycles. The van der Waals surface area contributed by atoms with Crippen LogP contribution in [0.1, 0.15) is 44.5 Å². The van der Waals surface area contributed by atoms with Crippen molar-refractivity contribution in [3.05, 3.63) is 47.3 Å². The molecule has 5 rings (SSSR count). The summed E-state index contributed by atoms with van der Waals surface area (Å²) in [6.07, 6.45) is 2.52.